The molecule has 1 aromatic rings. The van der Waals surface area contributed by atoms with Crippen LogP contribution < -0.4 is 10.2 Å². The molecular formula is C20H23N3O3. The molecule has 1 heterocycles. The number of hydrogen-bond acceptors (Lipinski definition) is 4. The first-order valence-corrected chi connectivity index (χ1v) is 9.06. The number of carbonyl (C=O) groups excluding carboxylic acids is 3. The Morgan fingerprint density at radius 2 is 1.65 bits per heavy atom. The quantitative estimate of drug-likeness (QED) is 0.648. The highest BCUT2D eigenvalue weighted by atomic mass is 16.2. The smallest absolute Gasteiger partial charge is 0.233 e. The van der Waals surface area contributed by atoms with Crippen LogP contribution in [0, 0.1) is 23.7 Å². The van der Waals surface area contributed by atoms with Crippen LogP contribution in [0.15, 0.2) is 36.4 Å². The average molecular weight is 353 g/mol. The summed E-state index contributed by atoms with van der Waals surface area (Å²) in [4.78, 5) is 40.7. The summed E-state index contributed by atoms with van der Waals surface area (Å²) in [6.45, 7) is 0.158. The zero-order valence-corrected chi connectivity index (χ0v) is 15.0. The molecule has 1 saturated heterocycles. The number of rotatable bonds is 5. The summed E-state index contributed by atoms with van der Waals surface area (Å²) in [7, 11) is 3.91. The summed E-state index contributed by atoms with van der Waals surface area (Å²) in [6.07, 6.45) is 5.19. The number of imide groups is 1. The molecule has 4 unspecified atom stereocenters. The number of hydrogen-bond donors (Lipinski definition) is 1. The van der Waals surface area contributed by atoms with Crippen molar-refractivity contribution in [2.24, 2.45) is 23.7 Å². The molecule has 6 heteroatoms. The van der Waals surface area contributed by atoms with E-state index in [9.17, 15) is 14.4 Å². The molecule has 1 saturated carbocycles. The second-order valence-corrected chi connectivity index (χ2v) is 7.57. The first-order valence-electron chi connectivity index (χ1n) is 9.06. The van der Waals surface area contributed by atoms with E-state index in [2.05, 4.69) is 17.5 Å². The molecule has 0 radical (unpaired) electrons. The molecule has 1 N–H and O–H groups in total. The van der Waals surface area contributed by atoms with Crippen LogP contribution in [0.1, 0.15) is 12.8 Å². The summed E-state index contributed by atoms with van der Waals surface area (Å²) < 4.78 is 0. The minimum Gasteiger partial charge on any atom is -0.378 e. The molecule has 2 bridgehead atoms. The highest BCUT2D eigenvalue weighted by molar-refractivity contribution is 6.06. The molecule has 136 valence electrons. The Labute approximate surface area is 152 Å². The lowest BCUT2D eigenvalue weighted by Gasteiger charge is -2.17. The Kier molecular flexibility index (Phi) is 4.05. The van der Waals surface area contributed by atoms with Crippen LogP contribution >= 0.6 is 0 Å². The predicted octanol–water partition coefficient (Wildman–Crippen LogP) is 1.89. The number of carbonyl (C=O) groups is 3. The van der Waals surface area contributed by atoms with Crippen molar-refractivity contribution in [3.8, 4) is 0 Å². The Bertz CT molecular complexity index is 754. The van der Waals surface area contributed by atoms with E-state index in [-0.39, 0.29) is 54.4 Å². The van der Waals surface area contributed by atoms with E-state index in [1.807, 2.05) is 43.3 Å². The highest BCUT2D eigenvalue weighted by Gasteiger charge is 2.58. The van der Waals surface area contributed by atoms with Crippen LogP contribution in [0.25, 0.3) is 0 Å². The summed E-state index contributed by atoms with van der Waals surface area (Å²) >= 11 is 0. The third-order valence-corrected chi connectivity index (χ3v) is 5.79. The lowest BCUT2D eigenvalue weighted by Crippen LogP contribution is -2.35. The molecule has 4 atom stereocenters. The average Bonchev–Trinajstić information content (AvgIpc) is 3.28. The maximum atomic E-state index is 12.6. The van der Waals surface area contributed by atoms with Gasteiger partial charge in [0, 0.05) is 38.4 Å². The number of amides is 3. The van der Waals surface area contributed by atoms with E-state index in [1.54, 1.807) is 0 Å². The Morgan fingerprint density at radius 3 is 2.19 bits per heavy atom. The Balaban J connectivity index is 1.33. The lowest BCUT2D eigenvalue weighted by atomic mass is 9.85. The van der Waals surface area contributed by atoms with Crippen LogP contribution in [0.2, 0.25) is 0 Å². The van der Waals surface area contributed by atoms with Gasteiger partial charge in [-0.3, -0.25) is 19.3 Å². The van der Waals surface area contributed by atoms with Gasteiger partial charge >= 0.3 is 0 Å². The summed E-state index contributed by atoms with van der Waals surface area (Å²) in [5, 5.41) is 2.82. The molecule has 2 aliphatic carbocycles. The van der Waals surface area contributed by atoms with Gasteiger partial charge in [0.2, 0.25) is 17.7 Å². The third-order valence-electron chi connectivity index (χ3n) is 5.79. The van der Waals surface area contributed by atoms with E-state index in [0.717, 1.165) is 12.1 Å². The van der Waals surface area contributed by atoms with E-state index < -0.39 is 0 Å². The van der Waals surface area contributed by atoms with Crippen LogP contribution in [0.4, 0.5) is 11.4 Å². The molecule has 3 aliphatic rings. The Morgan fingerprint density at radius 1 is 1.08 bits per heavy atom. The summed E-state index contributed by atoms with van der Waals surface area (Å²) in [5.41, 5.74) is 1.75. The van der Waals surface area contributed by atoms with Gasteiger partial charge in [0.25, 0.3) is 0 Å². The third kappa shape index (κ3) is 2.69. The van der Waals surface area contributed by atoms with Crippen molar-refractivity contribution in [2.75, 3.05) is 30.9 Å². The molecule has 0 spiro atoms. The van der Waals surface area contributed by atoms with Gasteiger partial charge in [-0.05, 0) is 42.5 Å². The van der Waals surface area contributed by atoms with E-state index in [1.165, 1.54) is 4.90 Å². The largest absolute Gasteiger partial charge is 0.378 e. The minimum atomic E-state index is -0.195. The van der Waals surface area contributed by atoms with Crippen LogP contribution in [0.5, 0.6) is 0 Å². The van der Waals surface area contributed by atoms with Crippen LogP contribution in [-0.4, -0.2) is 43.3 Å². The first kappa shape index (κ1) is 16.8. The van der Waals surface area contributed by atoms with Gasteiger partial charge in [0.05, 0.1) is 11.8 Å². The molecule has 3 amide bonds. The fourth-order valence-corrected chi connectivity index (χ4v) is 4.46. The van der Waals surface area contributed by atoms with Gasteiger partial charge in [0.15, 0.2) is 0 Å². The monoisotopic (exact) mass is 353 g/mol. The van der Waals surface area contributed by atoms with Gasteiger partial charge in [-0.1, -0.05) is 12.2 Å². The molecule has 0 aromatic heterocycles. The standard InChI is InChI=1S/C20H23N3O3/c1-22(2)15-7-5-14(6-8-15)21-16(24)9-10-23-19(25)17-12-3-4-13(11-12)18(17)20(23)26/h3-8,12-13,17-18H,9-11H2,1-2H3,(H,21,24). The van der Waals surface area contributed by atoms with E-state index >= 15 is 0 Å². The van der Waals surface area contributed by atoms with Crippen LogP contribution in [-0.2, 0) is 14.4 Å². The number of benzene rings is 1. The van der Waals surface area contributed by atoms with Gasteiger partial charge in [-0.2, -0.15) is 0 Å². The number of allylic oxidation sites excluding steroid dienone is 2. The second-order valence-electron chi connectivity index (χ2n) is 7.57. The first-order chi connectivity index (χ1) is 12.5. The fourth-order valence-electron chi connectivity index (χ4n) is 4.46. The number of nitrogens with zero attached hydrogens (tertiary/aromatic N) is 2. The number of nitrogens with one attached hydrogen (secondary N) is 1. The highest BCUT2D eigenvalue weighted by Crippen LogP contribution is 2.52. The summed E-state index contributed by atoms with van der Waals surface area (Å²) in [6, 6.07) is 7.53. The van der Waals surface area contributed by atoms with Crippen molar-refractivity contribution < 1.29 is 14.4 Å². The van der Waals surface area contributed by atoms with Crippen molar-refractivity contribution in [1.82, 2.24) is 4.90 Å². The van der Waals surface area contributed by atoms with Gasteiger partial charge < -0.3 is 10.2 Å². The second kappa shape index (κ2) is 6.27. The normalized spacial score (nSPS) is 28.6. The topological polar surface area (TPSA) is 69.7 Å². The maximum Gasteiger partial charge on any atom is 0.233 e. The number of likely N-dealkylation sites (tertiary alicyclic amines) is 1. The van der Waals surface area contributed by atoms with E-state index in [0.29, 0.717) is 5.69 Å². The van der Waals surface area contributed by atoms with Crippen molar-refractivity contribution in [2.45, 2.75) is 12.8 Å². The summed E-state index contributed by atoms with van der Waals surface area (Å²) in [5.74, 6) is -0.370. The van der Waals surface area contributed by atoms with Crippen molar-refractivity contribution in [1.29, 1.82) is 0 Å². The van der Waals surface area contributed by atoms with Gasteiger partial charge in [-0.15, -0.1) is 0 Å². The zero-order valence-electron chi connectivity index (χ0n) is 15.0. The lowest BCUT2D eigenvalue weighted by molar-refractivity contribution is -0.140. The van der Waals surface area contributed by atoms with E-state index in [4.69, 9.17) is 0 Å². The van der Waals surface area contributed by atoms with Gasteiger partial charge in [-0.25, -0.2) is 0 Å². The zero-order chi connectivity index (χ0) is 18.4. The molecule has 1 aromatic carbocycles. The number of anilines is 2. The molecule has 1 aliphatic heterocycles. The molecule has 26 heavy (non-hydrogen) atoms. The SMILES string of the molecule is CN(C)c1ccc(NC(=O)CCN2C(=O)C3C4C=CC(C4)C3C2=O)cc1. The molecule has 6 nitrogen and oxygen atoms in total. The molecule has 2 fully saturated rings. The fraction of sp³-hybridized carbons (Fsp3) is 0.450. The molecule has 4 rings (SSSR count). The molecular weight excluding hydrogens is 330 g/mol. The Hall–Kier alpha value is -2.63. The number of fused-ring (bicyclic) bond motifs is 5. The maximum absolute atomic E-state index is 12.6. The van der Waals surface area contributed by atoms with Crippen LogP contribution in [0.3, 0.4) is 0 Å². The van der Waals surface area contributed by atoms with Gasteiger partial charge in [0.1, 0.15) is 0 Å². The predicted molar refractivity (Wildman–Crippen MR) is 98.5 cm³/mol. The van der Waals surface area contributed by atoms with Crippen molar-refractivity contribution in [3.05, 3.63) is 36.4 Å². The van der Waals surface area contributed by atoms with Crippen molar-refractivity contribution >= 4 is 29.1 Å². The minimum absolute atomic E-state index is 0.0972. The van der Waals surface area contributed by atoms with Crippen molar-refractivity contribution in [3.63, 3.8) is 0 Å².